The molecule has 126 valence electrons. The van der Waals surface area contributed by atoms with Gasteiger partial charge >= 0.3 is 0 Å². The summed E-state index contributed by atoms with van der Waals surface area (Å²) in [6.45, 7) is 1.76. The fourth-order valence-corrected chi connectivity index (χ4v) is 4.15. The Balaban J connectivity index is 1.48. The molecular weight excluding hydrogens is 324 g/mol. The van der Waals surface area contributed by atoms with Gasteiger partial charge in [0.15, 0.2) is 0 Å². The second-order valence-electron chi connectivity index (χ2n) is 6.19. The van der Waals surface area contributed by atoms with E-state index in [1.807, 2.05) is 39.9 Å². The minimum Gasteiger partial charge on any atom is -0.373 e. The molecule has 0 aromatic carbocycles. The zero-order valence-corrected chi connectivity index (χ0v) is 14.2. The summed E-state index contributed by atoms with van der Waals surface area (Å²) in [6, 6.07) is 7.78. The molecule has 2 aliphatic heterocycles. The molecule has 2 aromatic rings. The molecule has 1 amide bonds. The van der Waals surface area contributed by atoms with Gasteiger partial charge in [0.2, 0.25) is 0 Å². The molecule has 0 saturated carbocycles. The van der Waals surface area contributed by atoms with Gasteiger partial charge in [0.1, 0.15) is 12.2 Å². The lowest BCUT2D eigenvalue weighted by atomic mass is 10.0. The summed E-state index contributed by atoms with van der Waals surface area (Å²) >= 11 is 1.55. The molecule has 2 aliphatic rings. The van der Waals surface area contributed by atoms with E-state index >= 15 is 0 Å². The Kier molecular flexibility index (Phi) is 4.60. The number of amides is 1. The number of pyridine rings is 1. The number of hydrogen-bond donors (Lipinski definition) is 0. The summed E-state index contributed by atoms with van der Waals surface area (Å²) in [5.74, 6) is 0.0840. The molecule has 0 spiro atoms. The highest BCUT2D eigenvalue weighted by Crippen LogP contribution is 2.32. The minimum absolute atomic E-state index is 0.0370. The average Bonchev–Trinajstić information content (AvgIpc) is 3.29. The number of carbonyl (C=O) groups is 1. The van der Waals surface area contributed by atoms with E-state index < -0.39 is 0 Å². The Labute approximate surface area is 145 Å². The van der Waals surface area contributed by atoms with Crippen LogP contribution in [0.5, 0.6) is 0 Å². The lowest BCUT2D eigenvalue weighted by Crippen LogP contribution is -2.43. The van der Waals surface area contributed by atoms with Gasteiger partial charge in [-0.05, 0) is 36.4 Å². The number of ether oxygens (including phenoxy) is 2. The molecule has 4 heterocycles. The van der Waals surface area contributed by atoms with Crippen molar-refractivity contribution >= 4 is 17.2 Å². The van der Waals surface area contributed by atoms with Crippen molar-refractivity contribution < 1.29 is 14.3 Å². The maximum atomic E-state index is 12.8. The van der Waals surface area contributed by atoms with Gasteiger partial charge in [-0.25, -0.2) is 0 Å². The summed E-state index contributed by atoms with van der Waals surface area (Å²) in [4.78, 5) is 19.0. The first-order valence-electron chi connectivity index (χ1n) is 8.29. The molecule has 2 saturated heterocycles. The van der Waals surface area contributed by atoms with E-state index in [4.69, 9.17) is 9.47 Å². The lowest BCUT2D eigenvalue weighted by Gasteiger charge is -2.32. The number of fused-ring (bicyclic) bond motifs is 1. The first-order chi connectivity index (χ1) is 11.8. The van der Waals surface area contributed by atoms with Gasteiger partial charge in [-0.2, -0.15) is 11.3 Å². The summed E-state index contributed by atoms with van der Waals surface area (Å²) in [5, 5.41) is 3.84. The summed E-state index contributed by atoms with van der Waals surface area (Å²) in [7, 11) is 0. The molecular formula is C18H20N2O3S. The van der Waals surface area contributed by atoms with E-state index in [1.165, 1.54) is 0 Å². The number of thiophene rings is 1. The van der Waals surface area contributed by atoms with Crippen LogP contribution >= 0.6 is 11.3 Å². The fraction of sp³-hybridized carbons (Fsp3) is 0.444. The SMILES string of the molecule is O=C(c1ccsc1)N1C[C@@H](OCc2ccccn2)[C@@H]2OCCC[C@@H]21. The maximum absolute atomic E-state index is 12.8. The molecule has 5 nitrogen and oxygen atoms in total. The second kappa shape index (κ2) is 7.01. The molecule has 0 bridgehead atoms. The van der Waals surface area contributed by atoms with Crippen LogP contribution in [0, 0.1) is 0 Å². The quantitative estimate of drug-likeness (QED) is 0.856. The molecule has 2 aromatic heterocycles. The molecule has 0 radical (unpaired) electrons. The van der Waals surface area contributed by atoms with Gasteiger partial charge in [-0.15, -0.1) is 0 Å². The van der Waals surface area contributed by atoms with Gasteiger partial charge in [-0.1, -0.05) is 6.07 Å². The topological polar surface area (TPSA) is 51.7 Å². The van der Waals surface area contributed by atoms with Crippen LogP contribution in [-0.2, 0) is 16.1 Å². The van der Waals surface area contributed by atoms with E-state index in [9.17, 15) is 4.79 Å². The average molecular weight is 344 g/mol. The second-order valence-corrected chi connectivity index (χ2v) is 6.97. The lowest BCUT2D eigenvalue weighted by molar-refractivity contribution is -0.0814. The normalized spacial score (nSPS) is 26.3. The van der Waals surface area contributed by atoms with Crippen molar-refractivity contribution in [3.05, 3.63) is 52.5 Å². The number of rotatable bonds is 4. The van der Waals surface area contributed by atoms with Crippen LogP contribution < -0.4 is 0 Å². The van der Waals surface area contributed by atoms with E-state index in [1.54, 1.807) is 17.5 Å². The largest absolute Gasteiger partial charge is 0.373 e. The maximum Gasteiger partial charge on any atom is 0.255 e. The van der Waals surface area contributed by atoms with Crippen molar-refractivity contribution in [2.24, 2.45) is 0 Å². The highest BCUT2D eigenvalue weighted by Gasteiger charge is 2.46. The molecule has 0 aliphatic carbocycles. The van der Waals surface area contributed by atoms with E-state index in [0.29, 0.717) is 13.2 Å². The van der Waals surface area contributed by atoms with Crippen molar-refractivity contribution in [1.82, 2.24) is 9.88 Å². The number of hydrogen-bond acceptors (Lipinski definition) is 5. The number of aromatic nitrogens is 1. The van der Waals surface area contributed by atoms with Crippen molar-refractivity contribution in [2.45, 2.75) is 37.7 Å². The zero-order valence-electron chi connectivity index (χ0n) is 13.3. The third-order valence-electron chi connectivity index (χ3n) is 4.68. The van der Waals surface area contributed by atoms with Crippen LogP contribution in [0.15, 0.2) is 41.2 Å². The monoisotopic (exact) mass is 344 g/mol. The third-order valence-corrected chi connectivity index (χ3v) is 5.36. The van der Waals surface area contributed by atoms with Crippen LogP contribution in [0.25, 0.3) is 0 Å². The van der Waals surface area contributed by atoms with Gasteiger partial charge in [0, 0.05) is 18.2 Å². The first-order valence-corrected chi connectivity index (χ1v) is 9.23. The third kappa shape index (κ3) is 3.09. The van der Waals surface area contributed by atoms with Gasteiger partial charge in [0.25, 0.3) is 5.91 Å². The zero-order chi connectivity index (χ0) is 16.4. The van der Waals surface area contributed by atoms with Crippen LogP contribution in [0.3, 0.4) is 0 Å². The van der Waals surface area contributed by atoms with Gasteiger partial charge < -0.3 is 14.4 Å². The van der Waals surface area contributed by atoms with Crippen molar-refractivity contribution in [3.63, 3.8) is 0 Å². The van der Waals surface area contributed by atoms with E-state index in [-0.39, 0.29) is 24.2 Å². The molecule has 4 rings (SSSR count). The Morgan fingerprint density at radius 3 is 3.17 bits per heavy atom. The highest BCUT2D eigenvalue weighted by molar-refractivity contribution is 7.08. The van der Waals surface area contributed by atoms with E-state index in [2.05, 4.69) is 4.98 Å². The number of nitrogens with zero attached hydrogens (tertiary/aromatic N) is 2. The van der Waals surface area contributed by atoms with Crippen LogP contribution in [0.4, 0.5) is 0 Å². The Morgan fingerprint density at radius 1 is 1.42 bits per heavy atom. The van der Waals surface area contributed by atoms with Crippen molar-refractivity contribution in [2.75, 3.05) is 13.2 Å². The smallest absolute Gasteiger partial charge is 0.255 e. The Morgan fingerprint density at radius 2 is 2.38 bits per heavy atom. The van der Waals surface area contributed by atoms with Crippen LogP contribution in [0.1, 0.15) is 28.9 Å². The Bertz CT molecular complexity index is 677. The summed E-state index contributed by atoms with van der Waals surface area (Å²) in [5.41, 5.74) is 1.65. The van der Waals surface area contributed by atoms with E-state index in [0.717, 1.165) is 30.7 Å². The summed E-state index contributed by atoms with van der Waals surface area (Å²) in [6.07, 6.45) is 3.59. The molecule has 3 atom stereocenters. The fourth-order valence-electron chi connectivity index (χ4n) is 3.52. The minimum atomic E-state index is -0.0973. The predicted octanol–water partition coefficient (Wildman–Crippen LogP) is 2.73. The van der Waals surface area contributed by atoms with Crippen molar-refractivity contribution in [3.8, 4) is 0 Å². The van der Waals surface area contributed by atoms with Crippen molar-refractivity contribution in [1.29, 1.82) is 0 Å². The molecule has 24 heavy (non-hydrogen) atoms. The van der Waals surface area contributed by atoms with Gasteiger partial charge in [-0.3, -0.25) is 9.78 Å². The van der Waals surface area contributed by atoms with Gasteiger partial charge in [0.05, 0.1) is 30.5 Å². The Hall–Kier alpha value is -1.76. The summed E-state index contributed by atoms with van der Waals surface area (Å²) < 4.78 is 12.0. The predicted molar refractivity (Wildman–Crippen MR) is 90.9 cm³/mol. The first kappa shape index (κ1) is 15.7. The number of carbonyl (C=O) groups excluding carboxylic acids is 1. The standard InChI is InChI=1S/C18H20N2O3S/c21-18(13-6-9-24-12-13)20-10-16(17-15(20)5-3-8-22-17)23-11-14-4-1-2-7-19-14/h1-2,4,6-7,9,12,15-17H,3,5,8,10-11H2/t15-,16+,17+/m0/s1. The molecule has 2 fully saturated rings. The van der Waals surface area contributed by atoms with Crippen LogP contribution in [-0.4, -0.2) is 47.2 Å². The van der Waals surface area contributed by atoms with Crippen LogP contribution in [0.2, 0.25) is 0 Å². The number of likely N-dealkylation sites (tertiary alicyclic amines) is 1. The molecule has 0 N–H and O–H groups in total. The highest BCUT2D eigenvalue weighted by atomic mass is 32.1. The molecule has 6 heteroatoms. The molecule has 0 unspecified atom stereocenters.